The van der Waals surface area contributed by atoms with E-state index in [1.54, 1.807) is 6.07 Å². The summed E-state index contributed by atoms with van der Waals surface area (Å²) in [6.45, 7) is 2.97. The van der Waals surface area contributed by atoms with E-state index in [0.717, 1.165) is 50.3 Å². The van der Waals surface area contributed by atoms with Gasteiger partial charge < -0.3 is 10.2 Å². The highest BCUT2D eigenvalue weighted by atomic mass is 35.5. The third-order valence-electron chi connectivity index (χ3n) is 5.41. The molecule has 4 rings (SSSR count). The normalized spacial score (nSPS) is 14.4. The molecule has 1 aliphatic rings. The molecule has 36 heavy (non-hydrogen) atoms. The largest absolute Gasteiger partial charge is 0.370 e. The predicted molar refractivity (Wildman–Crippen MR) is 138 cm³/mol. The Morgan fingerprint density at radius 2 is 1.31 bits per heavy atom. The summed E-state index contributed by atoms with van der Waals surface area (Å²) < 4.78 is 83.8. The van der Waals surface area contributed by atoms with Gasteiger partial charge in [-0.3, -0.25) is 9.44 Å². The van der Waals surface area contributed by atoms with Crippen LogP contribution in [0.3, 0.4) is 0 Å². The van der Waals surface area contributed by atoms with E-state index in [9.17, 15) is 25.6 Å². The molecular formula is C23H25ClF2N4O4S2. The molecule has 0 saturated carbocycles. The van der Waals surface area contributed by atoms with Gasteiger partial charge in [0.05, 0.1) is 21.2 Å². The summed E-state index contributed by atoms with van der Waals surface area (Å²) in [7, 11) is -8.49. The molecule has 3 N–H and O–H groups in total. The summed E-state index contributed by atoms with van der Waals surface area (Å²) in [5.41, 5.74) is 0.564. The van der Waals surface area contributed by atoms with Crippen LogP contribution in [0.25, 0.3) is 0 Å². The lowest BCUT2D eigenvalue weighted by Gasteiger charge is -2.24. The summed E-state index contributed by atoms with van der Waals surface area (Å²) in [5.74, 6) is -1.46. The molecule has 0 atom stereocenters. The van der Waals surface area contributed by atoms with Gasteiger partial charge in [-0.25, -0.2) is 25.6 Å². The number of rotatable bonds is 7. The summed E-state index contributed by atoms with van der Waals surface area (Å²) in [5, 5.41) is 3.28. The lowest BCUT2D eigenvalue weighted by Crippen LogP contribution is -2.28. The molecule has 0 radical (unpaired) electrons. The summed E-state index contributed by atoms with van der Waals surface area (Å²) in [4.78, 5) is 1.41. The second-order valence-corrected chi connectivity index (χ2v) is 11.3. The smallest absolute Gasteiger partial charge is 0.262 e. The zero-order valence-electron chi connectivity index (χ0n) is 18.9. The molecule has 3 aromatic rings. The third kappa shape index (κ3) is 6.64. The maximum Gasteiger partial charge on any atom is 0.262 e. The van der Waals surface area contributed by atoms with Crippen LogP contribution >= 0.6 is 12.4 Å². The molecule has 0 bridgehead atoms. The van der Waals surface area contributed by atoms with Crippen LogP contribution in [0.1, 0.15) is 6.42 Å². The summed E-state index contributed by atoms with van der Waals surface area (Å²) in [6, 6.07) is 13.6. The maximum absolute atomic E-state index is 13.7. The van der Waals surface area contributed by atoms with Crippen molar-refractivity contribution in [1.82, 2.24) is 5.32 Å². The number of anilines is 3. The number of benzene rings is 3. The van der Waals surface area contributed by atoms with Crippen LogP contribution in [0.5, 0.6) is 0 Å². The molecule has 8 nitrogen and oxygen atoms in total. The fourth-order valence-corrected chi connectivity index (χ4v) is 5.89. The first-order valence-corrected chi connectivity index (χ1v) is 13.8. The van der Waals surface area contributed by atoms with Crippen molar-refractivity contribution in [1.29, 1.82) is 0 Å². The van der Waals surface area contributed by atoms with E-state index in [-0.39, 0.29) is 33.6 Å². The minimum Gasteiger partial charge on any atom is -0.370 e. The summed E-state index contributed by atoms with van der Waals surface area (Å²) in [6.07, 6.45) is 0.873. The van der Waals surface area contributed by atoms with Crippen molar-refractivity contribution in [3.63, 3.8) is 0 Å². The fraction of sp³-hybridized carbons (Fsp3) is 0.217. The number of sulfonamides is 2. The molecule has 0 unspecified atom stereocenters. The van der Waals surface area contributed by atoms with Crippen LogP contribution in [-0.4, -0.2) is 43.0 Å². The number of nitrogens with zero attached hydrogens (tertiary/aromatic N) is 1. The predicted octanol–water partition coefficient (Wildman–Crippen LogP) is 3.79. The van der Waals surface area contributed by atoms with Crippen LogP contribution in [0, 0.1) is 11.6 Å². The van der Waals surface area contributed by atoms with Crippen LogP contribution in [0.2, 0.25) is 0 Å². The van der Waals surface area contributed by atoms with Gasteiger partial charge in [0.1, 0.15) is 11.6 Å². The minimum absolute atomic E-state index is 0. The van der Waals surface area contributed by atoms with E-state index < -0.39 is 31.7 Å². The molecule has 1 saturated heterocycles. The third-order valence-corrected chi connectivity index (χ3v) is 8.14. The molecule has 3 aromatic carbocycles. The van der Waals surface area contributed by atoms with Crippen LogP contribution in [-0.2, 0) is 20.0 Å². The van der Waals surface area contributed by atoms with Crippen molar-refractivity contribution in [2.24, 2.45) is 0 Å². The Labute approximate surface area is 215 Å². The fourth-order valence-electron chi connectivity index (χ4n) is 3.68. The molecule has 13 heteroatoms. The molecule has 0 spiro atoms. The van der Waals surface area contributed by atoms with Crippen molar-refractivity contribution in [3.8, 4) is 0 Å². The first-order valence-electron chi connectivity index (χ1n) is 10.8. The van der Waals surface area contributed by atoms with E-state index in [0.29, 0.717) is 12.2 Å². The average molecular weight is 559 g/mol. The van der Waals surface area contributed by atoms with Crippen LogP contribution in [0.15, 0.2) is 76.5 Å². The Bertz CT molecular complexity index is 1430. The van der Waals surface area contributed by atoms with Gasteiger partial charge >= 0.3 is 0 Å². The second-order valence-electron chi connectivity index (χ2n) is 7.95. The van der Waals surface area contributed by atoms with Crippen LogP contribution < -0.4 is 19.7 Å². The average Bonchev–Trinajstić information content (AvgIpc) is 3.10. The zero-order valence-corrected chi connectivity index (χ0v) is 21.4. The first kappa shape index (κ1) is 27.7. The van der Waals surface area contributed by atoms with Crippen LogP contribution in [0.4, 0.5) is 25.8 Å². The Hall–Kier alpha value is -2.93. The van der Waals surface area contributed by atoms with Gasteiger partial charge in [0.2, 0.25) is 0 Å². The lowest BCUT2D eigenvalue weighted by molar-refractivity contribution is 0.594. The van der Waals surface area contributed by atoms with E-state index in [4.69, 9.17) is 0 Å². The molecular weight excluding hydrogens is 534 g/mol. The van der Waals surface area contributed by atoms with E-state index in [1.165, 1.54) is 36.4 Å². The Morgan fingerprint density at radius 1 is 0.722 bits per heavy atom. The van der Waals surface area contributed by atoms with Crippen molar-refractivity contribution in [3.05, 3.63) is 78.4 Å². The number of hydrogen-bond acceptors (Lipinski definition) is 6. The molecule has 1 aliphatic heterocycles. The van der Waals surface area contributed by atoms with E-state index >= 15 is 0 Å². The highest BCUT2D eigenvalue weighted by molar-refractivity contribution is 7.93. The zero-order chi connectivity index (χ0) is 25.1. The minimum atomic E-state index is -4.26. The summed E-state index contributed by atoms with van der Waals surface area (Å²) >= 11 is 0. The van der Waals surface area contributed by atoms with Crippen molar-refractivity contribution >= 4 is 49.5 Å². The quantitative estimate of drug-likeness (QED) is 0.407. The number of hydrogen-bond donors (Lipinski definition) is 3. The molecule has 1 heterocycles. The molecule has 1 fully saturated rings. The highest BCUT2D eigenvalue weighted by Gasteiger charge is 2.22. The Kier molecular flexibility index (Phi) is 8.77. The topological polar surface area (TPSA) is 108 Å². The van der Waals surface area contributed by atoms with Crippen molar-refractivity contribution < 1.29 is 25.6 Å². The highest BCUT2D eigenvalue weighted by Crippen LogP contribution is 2.32. The maximum atomic E-state index is 13.7. The van der Waals surface area contributed by atoms with Gasteiger partial charge in [0.25, 0.3) is 20.0 Å². The van der Waals surface area contributed by atoms with Gasteiger partial charge in [0.15, 0.2) is 0 Å². The van der Waals surface area contributed by atoms with Crippen molar-refractivity contribution in [2.45, 2.75) is 16.2 Å². The van der Waals surface area contributed by atoms with Crippen molar-refractivity contribution in [2.75, 3.05) is 40.5 Å². The SMILES string of the molecule is Cl.O=S(=O)(Nc1ccc(N2CCCNCC2)cc1NS(=O)(=O)c1cccc(F)c1)c1cccc(F)c1. The van der Waals surface area contributed by atoms with Gasteiger partial charge in [-0.15, -0.1) is 12.4 Å². The molecule has 0 amide bonds. The van der Waals surface area contributed by atoms with E-state index in [2.05, 4.69) is 14.8 Å². The Morgan fingerprint density at radius 3 is 1.89 bits per heavy atom. The Balaban J connectivity index is 0.00000361. The van der Waals surface area contributed by atoms with E-state index in [1.807, 2.05) is 4.90 Å². The molecule has 0 aliphatic carbocycles. The molecule has 0 aromatic heterocycles. The van der Waals surface area contributed by atoms with Gasteiger partial charge in [-0.2, -0.15) is 0 Å². The van der Waals surface area contributed by atoms with Gasteiger partial charge in [0, 0.05) is 25.3 Å². The standard InChI is InChI=1S/C23H24F2N4O4S2.ClH/c24-17-4-1-6-20(14-17)34(30,31)27-22-9-8-19(29-12-3-10-26-11-13-29)16-23(22)28-35(32,33)21-7-2-5-18(25)15-21;/h1-2,4-9,14-16,26-28H,3,10-13H2;1H. The van der Waals surface area contributed by atoms with Gasteiger partial charge in [-0.1, -0.05) is 12.1 Å². The monoisotopic (exact) mass is 558 g/mol. The number of nitrogens with one attached hydrogen (secondary N) is 3. The first-order chi connectivity index (χ1) is 16.6. The number of halogens is 3. The molecule has 194 valence electrons. The second kappa shape index (κ2) is 11.4. The lowest BCUT2D eigenvalue weighted by atomic mass is 10.2. The van der Waals surface area contributed by atoms with Gasteiger partial charge in [-0.05, 0) is 67.6 Å².